The number of ether oxygens (including phenoxy) is 1. The van der Waals surface area contributed by atoms with Crippen LogP contribution in [0.15, 0.2) is 0 Å². The highest BCUT2D eigenvalue weighted by Gasteiger charge is 2.28. The molecule has 4 nitrogen and oxygen atoms in total. The SMILES string of the molecule is N=C1COCC1C(=O)O. The molecule has 2 N–H and O–H groups in total. The molecule has 0 aliphatic carbocycles. The summed E-state index contributed by atoms with van der Waals surface area (Å²) in [6, 6.07) is 0. The molecule has 9 heavy (non-hydrogen) atoms. The maximum absolute atomic E-state index is 10.2. The molecule has 0 aromatic carbocycles. The summed E-state index contributed by atoms with van der Waals surface area (Å²) in [6.07, 6.45) is 0. The molecule has 1 atom stereocenters. The standard InChI is InChI=1S/C5H7NO3/c6-4-2-9-1-3(4)5(7)8/h3,6H,1-2H2,(H,7,8). The summed E-state index contributed by atoms with van der Waals surface area (Å²) in [5, 5.41) is 15.4. The predicted octanol–water partition coefficient (Wildman–Crippen LogP) is -0.263. The molecule has 0 spiro atoms. The zero-order chi connectivity index (χ0) is 6.85. The largest absolute Gasteiger partial charge is 0.481 e. The van der Waals surface area contributed by atoms with Gasteiger partial charge in [0, 0.05) is 0 Å². The average molecular weight is 129 g/mol. The molecule has 4 heteroatoms. The van der Waals surface area contributed by atoms with Crippen LogP contribution in [0.25, 0.3) is 0 Å². The lowest BCUT2D eigenvalue weighted by Gasteiger charge is -1.97. The van der Waals surface area contributed by atoms with Gasteiger partial charge in [-0.3, -0.25) is 4.79 Å². The van der Waals surface area contributed by atoms with Crippen LogP contribution in [0.4, 0.5) is 0 Å². The Morgan fingerprint density at radius 3 is 2.78 bits per heavy atom. The number of hydrogen-bond acceptors (Lipinski definition) is 3. The number of hydrogen-bond donors (Lipinski definition) is 2. The third-order valence-electron chi connectivity index (χ3n) is 1.26. The molecule has 0 bridgehead atoms. The van der Waals surface area contributed by atoms with Crippen molar-refractivity contribution in [1.82, 2.24) is 0 Å². The van der Waals surface area contributed by atoms with Crippen LogP contribution in [0.3, 0.4) is 0 Å². The van der Waals surface area contributed by atoms with Crippen molar-refractivity contribution in [2.45, 2.75) is 0 Å². The maximum atomic E-state index is 10.2. The van der Waals surface area contributed by atoms with Gasteiger partial charge in [-0.1, -0.05) is 0 Å². The molecule has 1 aliphatic rings. The first kappa shape index (κ1) is 6.22. The van der Waals surface area contributed by atoms with Crippen LogP contribution in [0.1, 0.15) is 0 Å². The van der Waals surface area contributed by atoms with E-state index in [1.807, 2.05) is 0 Å². The van der Waals surface area contributed by atoms with Gasteiger partial charge < -0.3 is 15.3 Å². The first-order valence-corrected chi connectivity index (χ1v) is 2.59. The molecule has 50 valence electrons. The Morgan fingerprint density at radius 1 is 1.89 bits per heavy atom. The van der Waals surface area contributed by atoms with E-state index >= 15 is 0 Å². The maximum Gasteiger partial charge on any atom is 0.314 e. The van der Waals surface area contributed by atoms with Gasteiger partial charge in [-0.2, -0.15) is 0 Å². The third kappa shape index (κ3) is 1.08. The van der Waals surface area contributed by atoms with Gasteiger partial charge in [-0.15, -0.1) is 0 Å². The van der Waals surface area contributed by atoms with E-state index in [1.54, 1.807) is 0 Å². The minimum Gasteiger partial charge on any atom is -0.481 e. The van der Waals surface area contributed by atoms with Gasteiger partial charge >= 0.3 is 5.97 Å². The Bertz CT molecular complexity index is 154. The van der Waals surface area contributed by atoms with Crippen LogP contribution >= 0.6 is 0 Å². The van der Waals surface area contributed by atoms with Crippen LogP contribution in [0, 0.1) is 11.3 Å². The van der Waals surface area contributed by atoms with Gasteiger partial charge in [-0.25, -0.2) is 0 Å². The van der Waals surface area contributed by atoms with Crippen molar-refractivity contribution >= 4 is 11.7 Å². The Hall–Kier alpha value is -0.900. The molecule has 1 fully saturated rings. The van der Waals surface area contributed by atoms with E-state index in [0.717, 1.165) is 0 Å². The fourth-order valence-electron chi connectivity index (χ4n) is 0.708. The smallest absolute Gasteiger partial charge is 0.314 e. The number of carbonyl (C=O) groups is 1. The van der Waals surface area contributed by atoms with Crippen LogP contribution in [0.5, 0.6) is 0 Å². The van der Waals surface area contributed by atoms with E-state index < -0.39 is 11.9 Å². The molecule has 0 aromatic rings. The molecule has 1 rings (SSSR count). The number of nitrogens with one attached hydrogen (secondary N) is 1. The van der Waals surface area contributed by atoms with Crippen molar-refractivity contribution in [3.63, 3.8) is 0 Å². The number of carboxylic acid groups (broad SMARTS) is 1. The Kier molecular flexibility index (Phi) is 1.48. The molecule has 0 amide bonds. The second kappa shape index (κ2) is 2.14. The highest BCUT2D eigenvalue weighted by atomic mass is 16.5. The van der Waals surface area contributed by atoms with E-state index in [9.17, 15) is 4.79 Å². The molecule has 1 heterocycles. The molecular weight excluding hydrogens is 122 g/mol. The topological polar surface area (TPSA) is 70.4 Å². The van der Waals surface area contributed by atoms with Gasteiger partial charge in [0.15, 0.2) is 0 Å². The highest BCUT2D eigenvalue weighted by Crippen LogP contribution is 2.07. The molecular formula is C5H7NO3. The minimum atomic E-state index is -0.961. The molecule has 0 saturated carbocycles. The normalized spacial score (nSPS) is 26.7. The summed E-state index contributed by atoms with van der Waals surface area (Å²) in [4.78, 5) is 10.2. The van der Waals surface area contributed by atoms with Crippen LogP contribution in [-0.4, -0.2) is 30.0 Å². The summed E-state index contributed by atoms with van der Waals surface area (Å²) in [6.45, 7) is 0.338. The van der Waals surface area contributed by atoms with Gasteiger partial charge in [0.05, 0.1) is 18.9 Å². The second-order valence-corrected chi connectivity index (χ2v) is 1.93. The highest BCUT2D eigenvalue weighted by molar-refractivity contribution is 6.01. The summed E-state index contributed by atoms with van der Waals surface area (Å²) < 4.78 is 4.73. The zero-order valence-electron chi connectivity index (χ0n) is 4.76. The lowest BCUT2D eigenvalue weighted by molar-refractivity contribution is -0.139. The lowest BCUT2D eigenvalue weighted by Crippen LogP contribution is -2.20. The number of rotatable bonds is 1. The van der Waals surface area contributed by atoms with Crippen LogP contribution in [-0.2, 0) is 9.53 Å². The fourth-order valence-corrected chi connectivity index (χ4v) is 0.708. The van der Waals surface area contributed by atoms with E-state index in [1.165, 1.54) is 0 Å². The third-order valence-corrected chi connectivity index (χ3v) is 1.26. The zero-order valence-corrected chi connectivity index (χ0v) is 4.76. The number of aliphatic carboxylic acids is 1. The molecule has 1 unspecified atom stereocenters. The lowest BCUT2D eigenvalue weighted by atomic mass is 10.1. The Balaban J connectivity index is 2.60. The number of carboxylic acids is 1. The summed E-state index contributed by atoms with van der Waals surface area (Å²) >= 11 is 0. The van der Waals surface area contributed by atoms with Crippen LogP contribution in [0.2, 0.25) is 0 Å². The van der Waals surface area contributed by atoms with Crippen LogP contribution < -0.4 is 0 Å². The first-order chi connectivity index (χ1) is 4.22. The van der Waals surface area contributed by atoms with Crippen molar-refractivity contribution in [2.75, 3.05) is 13.2 Å². The summed E-state index contributed by atoms with van der Waals surface area (Å²) in [5.41, 5.74) is 0.169. The Morgan fingerprint density at radius 2 is 2.56 bits per heavy atom. The van der Waals surface area contributed by atoms with Crippen molar-refractivity contribution in [2.24, 2.45) is 5.92 Å². The minimum absolute atomic E-state index is 0.161. The van der Waals surface area contributed by atoms with E-state index in [2.05, 4.69) is 0 Å². The summed E-state index contributed by atoms with van der Waals surface area (Å²) in [5.74, 6) is -1.65. The fraction of sp³-hybridized carbons (Fsp3) is 0.600. The Labute approximate surface area is 51.9 Å². The molecule has 0 radical (unpaired) electrons. The summed E-state index contributed by atoms with van der Waals surface area (Å²) in [7, 11) is 0. The molecule has 0 aromatic heterocycles. The molecule has 1 aliphatic heterocycles. The van der Waals surface area contributed by atoms with Gasteiger partial charge in [-0.05, 0) is 0 Å². The monoisotopic (exact) mass is 129 g/mol. The molecule has 1 saturated heterocycles. The van der Waals surface area contributed by atoms with E-state index in [-0.39, 0.29) is 18.9 Å². The second-order valence-electron chi connectivity index (χ2n) is 1.93. The first-order valence-electron chi connectivity index (χ1n) is 2.59. The average Bonchev–Trinajstić information content (AvgIpc) is 2.13. The van der Waals surface area contributed by atoms with Gasteiger partial charge in [0.25, 0.3) is 0 Å². The quantitative estimate of drug-likeness (QED) is 0.512. The van der Waals surface area contributed by atoms with Gasteiger partial charge in [0.2, 0.25) is 0 Å². The van der Waals surface area contributed by atoms with E-state index in [0.29, 0.717) is 0 Å². The van der Waals surface area contributed by atoms with Crippen molar-refractivity contribution < 1.29 is 14.6 Å². The van der Waals surface area contributed by atoms with Gasteiger partial charge in [0.1, 0.15) is 5.92 Å². The van der Waals surface area contributed by atoms with Crippen molar-refractivity contribution in [1.29, 1.82) is 5.41 Å². The van der Waals surface area contributed by atoms with Crippen molar-refractivity contribution in [3.05, 3.63) is 0 Å². The van der Waals surface area contributed by atoms with Crippen molar-refractivity contribution in [3.8, 4) is 0 Å². The predicted molar refractivity (Wildman–Crippen MR) is 29.7 cm³/mol. The van der Waals surface area contributed by atoms with E-state index in [4.69, 9.17) is 15.3 Å².